The van der Waals surface area contributed by atoms with Gasteiger partial charge < -0.3 is 10.7 Å². The lowest BCUT2D eigenvalue weighted by Gasteiger charge is -1.97. The lowest BCUT2D eigenvalue weighted by atomic mass is 10.5. The highest BCUT2D eigenvalue weighted by Gasteiger charge is 2.08. The molecule has 0 aliphatic carbocycles. The topological polar surface area (TPSA) is 89.6 Å². The summed E-state index contributed by atoms with van der Waals surface area (Å²) in [6.45, 7) is 1.68. The molecule has 2 heterocycles. The van der Waals surface area contributed by atoms with Gasteiger partial charge in [-0.25, -0.2) is 14.8 Å². The first-order chi connectivity index (χ1) is 6.63. The highest BCUT2D eigenvalue weighted by atomic mass is 16.1. The van der Waals surface area contributed by atoms with Crippen LogP contribution >= 0.6 is 0 Å². The van der Waals surface area contributed by atoms with Crippen LogP contribution in [-0.2, 0) is 7.02 Å². The van der Waals surface area contributed by atoms with Crippen LogP contribution in [0, 0.1) is 6.92 Å². The molecule has 6 nitrogen and oxygen atoms in total. The van der Waals surface area contributed by atoms with E-state index in [4.69, 9.17) is 7.10 Å². The van der Waals surface area contributed by atoms with Crippen molar-refractivity contribution in [2.24, 2.45) is 7.02 Å². The molecule has 13 heavy (non-hydrogen) atoms. The first-order valence-corrected chi connectivity index (χ1v) is 3.65. The molecule has 0 radical (unpaired) electrons. The fraction of sp³-hybridized carbons (Fsp3) is 0.286. The van der Waals surface area contributed by atoms with Gasteiger partial charge in [-0.05, 0) is 6.92 Å². The SMILES string of the molecule is [3H]Cn1c(=O)[nH]c2c(N)nc(C)nc21. The molecule has 68 valence electrons. The number of hydrogen-bond acceptors (Lipinski definition) is 4. The predicted molar refractivity (Wildman–Crippen MR) is 48.3 cm³/mol. The van der Waals surface area contributed by atoms with Crippen LogP contribution in [0.25, 0.3) is 11.2 Å². The summed E-state index contributed by atoms with van der Waals surface area (Å²) in [7, 11) is -0.186. The van der Waals surface area contributed by atoms with E-state index in [1.54, 1.807) is 6.92 Å². The van der Waals surface area contributed by atoms with E-state index in [1.165, 1.54) is 4.57 Å². The maximum absolute atomic E-state index is 11.3. The van der Waals surface area contributed by atoms with Gasteiger partial charge in [0.15, 0.2) is 11.5 Å². The van der Waals surface area contributed by atoms with Crippen LogP contribution in [0.1, 0.15) is 7.20 Å². The van der Waals surface area contributed by atoms with Crippen molar-refractivity contribution in [2.45, 2.75) is 6.92 Å². The number of hydrogen-bond donors (Lipinski definition) is 2. The largest absolute Gasteiger partial charge is 0.382 e. The molecule has 0 atom stereocenters. The van der Waals surface area contributed by atoms with Crippen LogP contribution in [0.5, 0.6) is 0 Å². The van der Waals surface area contributed by atoms with Gasteiger partial charge >= 0.3 is 5.69 Å². The Morgan fingerprint density at radius 2 is 2.38 bits per heavy atom. The van der Waals surface area contributed by atoms with Crippen LogP contribution < -0.4 is 11.4 Å². The van der Waals surface area contributed by atoms with Gasteiger partial charge in [0, 0.05) is 8.39 Å². The van der Waals surface area contributed by atoms with Crippen molar-refractivity contribution < 1.29 is 1.37 Å². The number of nitrogens with two attached hydrogens (primary N) is 1. The number of aromatic amines is 1. The van der Waals surface area contributed by atoms with Gasteiger partial charge in [0.05, 0.1) is 0 Å². The third kappa shape index (κ3) is 0.986. The molecule has 0 unspecified atom stereocenters. The van der Waals surface area contributed by atoms with E-state index in [1.807, 2.05) is 0 Å². The quantitative estimate of drug-likeness (QED) is 0.575. The Kier molecular flexibility index (Phi) is 1.18. The molecule has 0 aromatic carbocycles. The number of nitrogen functional groups attached to an aromatic ring is 1. The number of aryl methyl sites for hydroxylation is 2. The lowest BCUT2D eigenvalue weighted by molar-refractivity contribution is 0.873. The van der Waals surface area contributed by atoms with Crippen molar-refractivity contribution in [1.29, 1.82) is 0 Å². The summed E-state index contributed by atoms with van der Waals surface area (Å²) in [4.78, 5) is 21.8. The number of H-pyrrole nitrogens is 1. The van der Waals surface area contributed by atoms with Crippen molar-refractivity contribution >= 4 is 17.0 Å². The average molecular weight is 181 g/mol. The molecule has 0 saturated carbocycles. The Hall–Kier alpha value is -1.85. The summed E-state index contributed by atoms with van der Waals surface area (Å²) in [6.07, 6.45) is 0. The normalized spacial score (nSPS) is 11.9. The van der Waals surface area contributed by atoms with Crippen LogP contribution in [-0.4, -0.2) is 19.5 Å². The minimum Gasteiger partial charge on any atom is -0.382 e. The van der Waals surface area contributed by atoms with E-state index >= 15 is 0 Å². The molecular formula is C7H9N5O. The molecular weight excluding hydrogens is 170 g/mol. The summed E-state index contributed by atoms with van der Waals surface area (Å²) in [6, 6.07) is 0. The third-order valence-corrected chi connectivity index (χ3v) is 1.76. The number of nitrogens with one attached hydrogen (secondary N) is 1. The maximum Gasteiger partial charge on any atom is 0.327 e. The highest BCUT2D eigenvalue weighted by Crippen LogP contribution is 2.11. The molecule has 0 amide bonds. The van der Waals surface area contributed by atoms with Crippen LogP contribution in [0.15, 0.2) is 4.79 Å². The maximum atomic E-state index is 11.3. The Balaban J connectivity index is 2.95. The minimum absolute atomic E-state index is 0.186. The van der Waals surface area contributed by atoms with E-state index in [0.717, 1.165) is 0 Å². The third-order valence-electron chi connectivity index (χ3n) is 1.76. The number of rotatable bonds is 0. The first-order valence-electron chi connectivity index (χ1n) is 4.36. The zero-order valence-electron chi connectivity index (χ0n) is 8.03. The molecule has 0 saturated heterocycles. The second-order valence-electron chi connectivity index (χ2n) is 2.71. The standard InChI is InChI=1S/C7H9N5O/c1-3-9-5(8)4-6(10-3)12(2)7(13)11-4/h1-2H3,(H,11,13)(H2,8,9,10)/i2T. The van der Waals surface area contributed by atoms with Gasteiger partial charge in [-0.3, -0.25) is 4.57 Å². The van der Waals surface area contributed by atoms with Gasteiger partial charge in [-0.15, -0.1) is 0 Å². The Morgan fingerprint density at radius 3 is 3.08 bits per heavy atom. The molecule has 6 heteroatoms. The smallest absolute Gasteiger partial charge is 0.327 e. The van der Waals surface area contributed by atoms with Crippen LogP contribution in [0.3, 0.4) is 0 Å². The van der Waals surface area contributed by atoms with Crippen molar-refractivity contribution in [3.05, 3.63) is 16.3 Å². The number of anilines is 1. The van der Waals surface area contributed by atoms with E-state index in [9.17, 15) is 4.79 Å². The Labute approximate surface area is 74.8 Å². The predicted octanol–water partition coefficient (Wildman–Crippen LogP) is -0.453. The van der Waals surface area contributed by atoms with E-state index < -0.39 is 0 Å². The second kappa shape index (κ2) is 2.32. The number of aromatic nitrogens is 4. The zero-order chi connectivity index (χ0) is 10.3. The molecule has 3 N–H and O–H groups in total. The molecule has 2 aromatic rings. The molecule has 0 bridgehead atoms. The van der Waals surface area contributed by atoms with Gasteiger partial charge in [-0.2, -0.15) is 0 Å². The summed E-state index contributed by atoms with van der Waals surface area (Å²) in [5, 5.41) is 0. The van der Waals surface area contributed by atoms with Crippen LogP contribution in [0.2, 0.25) is 0 Å². The molecule has 0 aliphatic heterocycles. The van der Waals surface area contributed by atoms with Crippen molar-refractivity contribution in [1.82, 2.24) is 19.5 Å². The fourth-order valence-electron chi connectivity index (χ4n) is 1.16. The first kappa shape index (κ1) is 6.64. The van der Waals surface area contributed by atoms with Crippen molar-refractivity contribution in [3.63, 3.8) is 0 Å². The molecule has 0 fully saturated rings. The summed E-state index contributed by atoms with van der Waals surface area (Å²) >= 11 is 0. The highest BCUT2D eigenvalue weighted by molar-refractivity contribution is 5.81. The average Bonchev–Trinajstić information content (AvgIpc) is 2.41. The number of nitrogens with zero attached hydrogens (tertiary/aromatic N) is 3. The Morgan fingerprint density at radius 1 is 1.62 bits per heavy atom. The summed E-state index contributed by atoms with van der Waals surface area (Å²) in [5.41, 5.74) is 5.99. The molecule has 0 aliphatic rings. The minimum atomic E-state index is -0.387. The zero-order valence-corrected chi connectivity index (χ0v) is 7.03. The number of fused-ring (bicyclic) bond motifs is 1. The number of imidazole rings is 1. The Bertz CT molecular complexity index is 543. The van der Waals surface area contributed by atoms with Crippen molar-refractivity contribution in [3.8, 4) is 0 Å². The van der Waals surface area contributed by atoms with Gasteiger partial charge in [-0.1, -0.05) is 0 Å². The molecule has 0 spiro atoms. The van der Waals surface area contributed by atoms with Crippen molar-refractivity contribution in [2.75, 3.05) is 5.73 Å². The summed E-state index contributed by atoms with van der Waals surface area (Å²) < 4.78 is 8.36. The molecule has 2 aromatic heterocycles. The van der Waals surface area contributed by atoms with E-state index in [0.29, 0.717) is 17.0 Å². The van der Waals surface area contributed by atoms with E-state index in [-0.39, 0.29) is 18.5 Å². The van der Waals surface area contributed by atoms with Gasteiger partial charge in [0.2, 0.25) is 0 Å². The molecule has 2 rings (SSSR count). The monoisotopic (exact) mass is 181 g/mol. The second-order valence-corrected chi connectivity index (χ2v) is 2.71. The van der Waals surface area contributed by atoms with Gasteiger partial charge in [0.25, 0.3) is 0 Å². The van der Waals surface area contributed by atoms with E-state index in [2.05, 4.69) is 15.0 Å². The van der Waals surface area contributed by atoms with Gasteiger partial charge in [0.1, 0.15) is 11.3 Å². The summed E-state index contributed by atoms with van der Waals surface area (Å²) in [5.74, 6) is 0.716. The lowest BCUT2D eigenvalue weighted by Crippen LogP contribution is -2.12. The van der Waals surface area contributed by atoms with Crippen LogP contribution in [0.4, 0.5) is 5.82 Å². The fourth-order valence-corrected chi connectivity index (χ4v) is 1.16.